The van der Waals surface area contributed by atoms with Crippen LogP contribution in [0.5, 0.6) is 5.75 Å². The van der Waals surface area contributed by atoms with Gasteiger partial charge in [0.15, 0.2) is 0 Å². The van der Waals surface area contributed by atoms with Crippen LogP contribution in [0.4, 0.5) is 11.5 Å². The summed E-state index contributed by atoms with van der Waals surface area (Å²) in [7, 11) is 1.64. The van der Waals surface area contributed by atoms with Gasteiger partial charge < -0.3 is 14.5 Å². The van der Waals surface area contributed by atoms with Crippen molar-refractivity contribution in [1.82, 2.24) is 9.97 Å². The van der Waals surface area contributed by atoms with Gasteiger partial charge in [0, 0.05) is 49.7 Å². The Hall–Kier alpha value is -3.59. The van der Waals surface area contributed by atoms with Gasteiger partial charge in [0.1, 0.15) is 17.6 Å². The van der Waals surface area contributed by atoms with Gasteiger partial charge in [0.05, 0.1) is 24.6 Å². The van der Waals surface area contributed by atoms with E-state index in [-0.39, 0.29) is 0 Å². The number of benzene rings is 1. The molecule has 6 heteroatoms. The van der Waals surface area contributed by atoms with Crippen LogP contribution in [0.25, 0.3) is 11.1 Å². The van der Waals surface area contributed by atoms with Gasteiger partial charge >= 0.3 is 0 Å². The first-order valence-corrected chi connectivity index (χ1v) is 9.23. The monoisotopic (exact) mass is 371 g/mol. The highest BCUT2D eigenvalue weighted by Crippen LogP contribution is 2.25. The van der Waals surface area contributed by atoms with Crippen molar-refractivity contribution in [3.8, 4) is 22.9 Å². The Balaban J connectivity index is 1.44. The van der Waals surface area contributed by atoms with Crippen LogP contribution in [-0.4, -0.2) is 43.3 Å². The maximum Gasteiger partial charge on any atom is 0.137 e. The zero-order valence-electron chi connectivity index (χ0n) is 15.7. The topological polar surface area (TPSA) is 65.3 Å². The van der Waals surface area contributed by atoms with Crippen LogP contribution in [0, 0.1) is 11.3 Å². The number of aromatic nitrogens is 2. The number of ether oxygens (including phenoxy) is 1. The van der Waals surface area contributed by atoms with Crippen molar-refractivity contribution < 1.29 is 4.74 Å². The molecule has 0 spiro atoms. The zero-order valence-corrected chi connectivity index (χ0v) is 15.7. The molecular weight excluding hydrogens is 350 g/mol. The lowest BCUT2D eigenvalue weighted by atomic mass is 10.1. The standard InChI is InChI=1S/C22H21N5O/c1-28-20-12-19(14-24-16-20)18-6-7-22(25-15-18)27-10-8-26(9-11-27)21-5-3-2-4-17(21)13-23/h2-7,12,14-16H,8-11H2,1H3. The maximum atomic E-state index is 9.32. The van der Waals surface area contributed by atoms with Crippen LogP contribution in [-0.2, 0) is 0 Å². The lowest BCUT2D eigenvalue weighted by molar-refractivity contribution is 0.413. The number of hydrogen-bond donors (Lipinski definition) is 0. The first-order chi connectivity index (χ1) is 13.8. The molecule has 1 aromatic carbocycles. The van der Waals surface area contributed by atoms with Crippen molar-refractivity contribution in [3.63, 3.8) is 0 Å². The highest BCUT2D eigenvalue weighted by molar-refractivity contribution is 5.65. The molecule has 0 N–H and O–H groups in total. The number of methoxy groups -OCH3 is 1. The van der Waals surface area contributed by atoms with Crippen LogP contribution >= 0.6 is 0 Å². The third-order valence-corrected chi connectivity index (χ3v) is 5.00. The Labute approximate surface area is 164 Å². The molecular formula is C22H21N5O. The van der Waals surface area contributed by atoms with Crippen molar-refractivity contribution in [2.75, 3.05) is 43.1 Å². The first-order valence-electron chi connectivity index (χ1n) is 9.23. The van der Waals surface area contributed by atoms with Crippen molar-refractivity contribution in [2.45, 2.75) is 0 Å². The van der Waals surface area contributed by atoms with Gasteiger partial charge in [0.2, 0.25) is 0 Å². The zero-order chi connectivity index (χ0) is 19.3. The second kappa shape index (κ2) is 7.97. The third-order valence-electron chi connectivity index (χ3n) is 5.00. The number of piperazine rings is 1. The van der Waals surface area contributed by atoms with Crippen molar-refractivity contribution in [3.05, 3.63) is 66.6 Å². The molecule has 4 rings (SSSR count). The Morgan fingerprint density at radius 3 is 2.43 bits per heavy atom. The molecule has 140 valence electrons. The van der Waals surface area contributed by atoms with Gasteiger partial charge in [-0.05, 0) is 30.3 Å². The average molecular weight is 371 g/mol. The highest BCUT2D eigenvalue weighted by atomic mass is 16.5. The Kier molecular flexibility index (Phi) is 5.07. The Morgan fingerprint density at radius 2 is 1.71 bits per heavy atom. The Bertz CT molecular complexity index is 988. The molecule has 28 heavy (non-hydrogen) atoms. The summed E-state index contributed by atoms with van der Waals surface area (Å²) in [6.45, 7) is 3.46. The summed E-state index contributed by atoms with van der Waals surface area (Å²) < 4.78 is 5.24. The van der Waals surface area contributed by atoms with E-state index in [2.05, 4.69) is 31.9 Å². The smallest absolute Gasteiger partial charge is 0.137 e. The molecule has 1 saturated heterocycles. The molecule has 0 amide bonds. The van der Waals surface area contributed by atoms with Crippen LogP contribution in [0.2, 0.25) is 0 Å². The molecule has 1 fully saturated rings. The average Bonchev–Trinajstić information content (AvgIpc) is 2.79. The fraction of sp³-hybridized carbons (Fsp3) is 0.227. The van der Waals surface area contributed by atoms with Crippen LogP contribution in [0.15, 0.2) is 61.1 Å². The minimum absolute atomic E-state index is 0.727. The summed E-state index contributed by atoms with van der Waals surface area (Å²) >= 11 is 0. The summed E-state index contributed by atoms with van der Waals surface area (Å²) in [6.07, 6.45) is 5.38. The fourth-order valence-electron chi connectivity index (χ4n) is 3.45. The van der Waals surface area contributed by atoms with Crippen LogP contribution in [0.1, 0.15) is 5.56 Å². The minimum atomic E-state index is 0.727. The van der Waals surface area contributed by atoms with Crippen molar-refractivity contribution in [2.24, 2.45) is 0 Å². The largest absolute Gasteiger partial charge is 0.495 e. The normalized spacial score (nSPS) is 13.9. The predicted molar refractivity (Wildman–Crippen MR) is 110 cm³/mol. The fourth-order valence-corrected chi connectivity index (χ4v) is 3.45. The molecule has 1 aliphatic rings. The summed E-state index contributed by atoms with van der Waals surface area (Å²) in [5, 5.41) is 9.32. The molecule has 2 aromatic heterocycles. The molecule has 1 aliphatic heterocycles. The first kappa shape index (κ1) is 17.8. The number of nitriles is 1. The SMILES string of the molecule is COc1cncc(-c2ccc(N3CCN(c4ccccc4C#N)CC3)nc2)c1. The molecule has 0 atom stereocenters. The van der Waals surface area contributed by atoms with Crippen molar-refractivity contribution in [1.29, 1.82) is 5.26 Å². The van der Waals surface area contributed by atoms with E-state index in [1.807, 2.05) is 48.8 Å². The van der Waals surface area contributed by atoms with E-state index in [1.165, 1.54) is 0 Å². The predicted octanol–water partition coefficient (Wildman–Crippen LogP) is 3.35. The minimum Gasteiger partial charge on any atom is -0.495 e. The third kappa shape index (κ3) is 3.60. The number of hydrogen-bond acceptors (Lipinski definition) is 6. The Morgan fingerprint density at radius 1 is 0.929 bits per heavy atom. The molecule has 6 nitrogen and oxygen atoms in total. The molecule has 0 unspecified atom stereocenters. The van der Waals surface area contributed by atoms with E-state index in [1.54, 1.807) is 13.3 Å². The summed E-state index contributed by atoms with van der Waals surface area (Å²) in [4.78, 5) is 13.4. The molecule has 0 radical (unpaired) electrons. The van der Waals surface area contributed by atoms with Crippen LogP contribution in [0.3, 0.4) is 0 Å². The number of para-hydroxylation sites is 1. The van der Waals surface area contributed by atoms with Gasteiger partial charge in [0.25, 0.3) is 0 Å². The van der Waals surface area contributed by atoms with E-state index in [4.69, 9.17) is 4.74 Å². The summed E-state index contributed by atoms with van der Waals surface area (Å²) in [5.74, 6) is 1.70. The van der Waals surface area contributed by atoms with E-state index in [0.717, 1.165) is 60.1 Å². The van der Waals surface area contributed by atoms with Gasteiger partial charge in [-0.1, -0.05) is 12.1 Å². The van der Waals surface area contributed by atoms with Crippen LogP contribution < -0.4 is 14.5 Å². The van der Waals surface area contributed by atoms with E-state index in [9.17, 15) is 5.26 Å². The second-order valence-electron chi connectivity index (χ2n) is 6.62. The summed E-state index contributed by atoms with van der Waals surface area (Å²) in [6, 6.07) is 16.1. The van der Waals surface area contributed by atoms with Gasteiger partial charge in [-0.2, -0.15) is 5.26 Å². The maximum absolute atomic E-state index is 9.32. The molecule has 0 saturated carbocycles. The van der Waals surface area contributed by atoms with Crippen molar-refractivity contribution >= 4 is 11.5 Å². The lowest BCUT2D eigenvalue weighted by Crippen LogP contribution is -2.47. The van der Waals surface area contributed by atoms with Gasteiger partial charge in [-0.25, -0.2) is 4.98 Å². The van der Waals surface area contributed by atoms with E-state index < -0.39 is 0 Å². The lowest BCUT2D eigenvalue weighted by Gasteiger charge is -2.37. The number of anilines is 2. The van der Waals surface area contributed by atoms with E-state index in [0.29, 0.717) is 0 Å². The number of pyridine rings is 2. The van der Waals surface area contributed by atoms with Gasteiger partial charge in [-0.3, -0.25) is 4.98 Å². The summed E-state index contributed by atoms with van der Waals surface area (Å²) in [5.41, 5.74) is 3.73. The molecule has 3 heterocycles. The number of rotatable bonds is 4. The molecule has 3 aromatic rings. The number of nitrogens with zero attached hydrogens (tertiary/aromatic N) is 5. The molecule has 0 aliphatic carbocycles. The highest BCUT2D eigenvalue weighted by Gasteiger charge is 2.20. The second-order valence-corrected chi connectivity index (χ2v) is 6.62. The molecule has 0 bridgehead atoms. The quantitative estimate of drug-likeness (QED) is 0.701. The van der Waals surface area contributed by atoms with E-state index >= 15 is 0 Å². The van der Waals surface area contributed by atoms with Gasteiger partial charge in [-0.15, -0.1) is 0 Å².